The van der Waals surface area contributed by atoms with E-state index in [1.807, 2.05) is 0 Å². The Hall–Kier alpha value is -0.260. The van der Waals surface area contributed by atoms with Gasteiger partial charge in [0.05, 0.1) is 4.90 Å². The summed E-state index contributed by atoms with van der Waals surface area (Å²) in [4.78, 5) is 8.85. The fourth-order valence-electron chi connectivity index (χ4n) is 0.679. The van der Waals surface area contributed by atoms with Crippen LogP contribution in [0.15, 0.2) is 17.3 Å². The van der Waals surface area contributed by atoms with Gasteiger partial charge in [0.1, 0.15) is 5.60 Å². The summed E-state index contributed by atoms with van der Waals surface area (Å²) in [6.07, 6.45) is 3.27. The van der Waals surface area contributed by atoms with Crippen LogP contribution in [0.2, 0.25) is 0 Å². The lowest BCUT2D eigenvalue weighted by atomic mass is 10.1. The Balaban J connectivity index is 2.93. The third-order valence-corrected chi connectivity index (χ3v) is 2.33. The van der Waals surface area contributed by atoms with E-state index in [4.69, 9.17) is 0 Å². The van der Waals surface area contributed by atoms with Crippen LogP contribution in [0.25, 0.3) is 0 Å². The molecule has 0 saturated carbocycles. The van der Waals surface area contributed by atoms with Crippen LogP contribution in [-0.4, -0.2) is 15.1 Å². The first-order chi connectivity index (χ1) is 5.54. The maximum Gasteiger partial charge on any atom is 0.159 e. The molecule has 0 fully saturated rings. The third kappa shape index (κ3) is 2.36. The van der Waals surface area contributed by atoms with Crippen molar-refractivity contribution in [2.24, 2.45) is 0 Å². The van der Waals surface area contributed by atoms with Crippen molar-refractivity contribution in [2.75, 3.05) is 0 Å². The second-order valence-corrected chi connectivity index (χ2v) is 4.09. The number of hydrogen-bond acceptors (Lipinski definition) is 5. The number of aromatic nitrogens is 2. The number of rotatable bonds is 2. The van der Waals surface area contributed by atoms with Crippen molar-refractivity contribution in [2.45, 2.75) is 24.3 Å². The molecule has 5 heteroatoms. The van der Waals surface area contributed by atoms with E-state index in [-0.39, 0.29) is 0 Å². The molecule has 0 aliphatic heterocycles. The Morgan fingerprint density at radius 2 is 1.92 bits per heavy atom. The van der Waals surface area contributed by atoms with Crippen LogP contribution in [0.3, 0.4) is 0 Å². The first-order valence-electron chi connectivity index (χ1n) is 3.40. The first-order valence-corrected chi connectivity index (χ1v) is 5.27. The zero-order valence-electron chi connectivity index (χ0n) is 6.85. The van der Waals surface area contributed by atoms with Crippen molar-refractivity contribution in [1.29, 1.82) is 0 Å². The molecular formula is C7H10N2OS2. The molecule has 1 heterocycles. The SMILES string of the molecule is CC(C)(O)c1ncc(SS)cn1. The van der Waals surface area contributed by atoms with Crippen LogP contribution in [0.5, 0.6) is 0 Å². The molecule has 66 valence electrons. The van der Waals surface area contributed by atoms with Crippen LogP contribution >= 0.6 is 22.5 Å². The normalized spacial score (nSPS) is 11.7. The van der Waals surface area contributed by atoms with E-state index in [0.29, 0.717) is 5.82 Å². The predicted molar refractivity (Wildman–Crippen MR) is 52.1 cm³/mol. The molecule has 0 aliphatic carbocycles. The lowest BCUT2D eigenvalue weighted by molar-refractivity contribution is 0.0685. The molecule has 0 unspecified atom stereocenters. The van der Waals surface area contributed by atoms with Gasteiger partial charge >= 0.3 is 0 Å². The van der Waals surface area contributed by atoms with Gasteiger partial charge in [-0.15, -0.1) is 11.7 Å². The Kier molecular flexibility index (Phi) is 2.98. The van der Waals surface area contributed by atoms with Gasteiger partial charge in [0.2, 0.25) is 0 Å². The molecule has 0 spiro atoms. The topological polar surface area (TPSA) is 46.0 Å². The van der Waals surface area contributed by atoms with Gasteiger partial charge in [0.25, 0.3) is 0 Å². The summed E-state index contributed by atoms with van der Waals surface area (Å²) in [5.41, 5.74) is -0.972. The number of aliphatic hydroxyl groups is 1. The second kappa shape index (κ2) is 3.64. The number of thiol groups is 1. The van der Waals surface area contributed by atoms with Crippen molar-refractivity contribution in [1.82, 2.24) is 9.97 Å². The summed E-state index contributed by atoms with van der Waals surface area (Å²) >= 11 is 3.99. The minimum absolute atomic E-state index is 0.425. The summed E-state index contributed by atoms with van der Waals surface area (Å²) in [6, 6.07) is 0. The molecule has 0 bridgehead atoms. The van der Waals surface area contributed by atoms with E-state index in [0.717, 1.165) is 4.90 Å². The molecule has 0 amide bonds. The highest BCUT2D eigenvalue weighted by molar-refractivity contribution is 8.68. The Morgan fingerprint density at radius 3 is 2.25 bits per heavy atom. The van der Waals surface area contributed by atoms with Crippen molar-refractivity contribution >= 4 is 22.5 Å². The smallest absolute Gasteiger partial charge is 0.159 e. The van der Waals surface area contributed by atoms with Crippen LogP contribution in [0.4, 0.5) is 0 Å². The summed E-state index contributed by atoms with van der Waals surface area (Å²) in [6.45, 7) is 3.30. The molecule has 1 aromatic rings. The number of hydrogen-bond donors (Lipinski definition) is 2. The highest BCUT2D eigenvalue weighted by Gasteiger charge is 2.18. The van der Waals surface area contributed by atoms with E-state index >= 15 is 0 Å². The monoisotopic (exact) mass is 202 g/mol. The first kappa shape index (κ1) is 9.83. The minimum Gasteiger partial charge on any atom is -0.382 e. The average molecular weight is 202 g/mol. The Bertz CT molecular complexity index is 255. The summed E-state index contributed by atoms with van der Waals surface area (Å²) in [5, 5.41) is 9.50. The molecule has 3 nitrogen and oxygen atoms in total. The highest BCUT2D eigenvalue weighted by Crippen LogP contribution is 2.21. The molecule has 1 aromatic heterocycles. The number of nitrogens with zero attached hydrogens (tertiary/aromatic N) is 2. The fraction of sp³-hybridized carbons (Fsp3) is 0.429. The lowest BCUT2D eigenvalue weighted by Gasteiger charge is -2.14. The van der Waals surface area contributed by atoms with E-state index in [2.05, 4.69) is 21.6 Å². The third-order valence-electron chi connectivity index (χ3n) is 1.28. The zero-order valence-corrected chi connectivity index (χ0v) is 8.56. The van der Waals surface area contributed by atoms with Gasteiger partial charge in [-0.1, -0.05) is 10.8 Å². The zero-order chi connectivity index (χ0) is 9.19. The van der Waals surface area contributed by atoms with Gasteiger partial charge in [0.15, 0.2) is 5.82 Å². The molecule has 0 saturated heterocycles. The van der Waals surface area contributed by atoms with Gasteiger partial charge in [-0.25, -0.2) is 9.97 Å². The Labute approximate surface area is 80.4 Å². The van der Waals surface area contributed by atoms with Gasteiger partial charge in [-0.3, -0.25) is 0 Å². The molecule has 1 rings (SSSR count). The maximum absolute atomic E-state index is 9.50. The molecule has 0 radical (unpaired) electrons. The van der Waals surface area contributed by atoms with Crippen molar-refractivity contribution < 1.29 is 5.11 Å². The van der Waals surface area contributed by atoms with Gasteiger partial charge in [-0.05, 0) is 13.8 Å². The highest BCUT2D eigenvalue weighted by atomic mass is 33.1. The van der Waals surface area contributed by atoms with Gasteiger partial charge < -0.3 is 5.11 Å². The van der Waals surface area contributed by atoms with E-state index in [9.17, 15) is 5.11 Å². The van der Waals surface area contributed by atoms with Gasteiger partial charge in [-0.2, -0.15) is 0 Å². The molecule has 12 heavy (non-hydrogen) atoms. The molecule has 0 aromatic carbocycles. The summed E-state index contributed by atoms with van der Waals surface area (Å²) in [7, 11) is 1.28. The maximum atomic E-state index is 9.50. The summed E-state index contributed by atoms with van der Waals surface area (Å²) < 4.78 is 0. The van der Waals surface area contributed by atoms with E-state index < -0.39 is 5.60 Å². The minimum atomic E-state index is -0.972. The second-order valence-electron chi connectivity index (χ2n) is 2.89. The Morgan fingerprint density at radius 1 is 1.42 bits per heavy atom. The van der Waals surface area contributed by atoms with Crippen LogP contribution < -0.4 is 0 Å². The average Bonchev–Trinajstić information content (AvgIpc) is 2.03. The van der Waals surface area contributed by atoms with Crippen molar-refractivity contribution in [3.63, 3.8) is 0 Å². The van der Waals surface area contributed by atoms with Crippen LogP contribution in [-0.2, 0) is 5.60 Å². The quantitative estimate of drug-likeness (QED) is 0.565. The molecule has 0 atom stereocenters. The van der Waals surface area contributed by atoms with Crippen molar-refractivity contribution in [3.8, 4) is 0 Å². The van der Waals surface area contributed by atoms with Gasteiger partial charge in [0, 0.05) is 12.4 Å². The lowest BCUT2D eigenvalue weighted by Crippen LogP contribution is -2.19. The van der Waals surface area contributed by atoms with E-state index in [1.165, 1.54) is 10.8 Å². The standard InChI is InChI=1S/C7H10N2OS2/c1-7(2,10)6-8-3-5(12-11)4-9-6/h3-4,10-11H,1-2H3. The van der Waals surface area contributed by atoms with Crippen LogP contribution in [0.1, 0.15) is 19.7 Å². The largest absolute Gasteiger partial charge is 0.382 e. The molecular weight excluding hydrogens is 192 g/mol. The fourth-order valence-corrected chi connectivity index (χ4v) is 1.16. The molecule has 0 aliphatic rings. The van der Waals surface area contributed by atoms with E-state index in [1.54, 1.807) is 26.2 Å². The van der Waals surface area contributed by atoms with Crippen molar-refractivity contribution in [3.05, 3.63) is 18.2 Å². The van der Waals surface area contributed by atoms with Crippen LogP contribution in [0, 0.1) is 0 Å². The molecule has 1 N–H and O–H groups in total. The summed E-state index contributed by atoms with van der Waals surface area (Å²) in [5.74, 6) is 0.425. The predicted octanol–water partition coefficient (Wildman–Crippen LogP) is 1.64.